The summed E-state index contributed by atoms with van der Waals surface area (Å²) in [6, 6.07) is 28.6. The van der Waals surface area contributed by atoms with Crippen molar-refractivity contribution in [2.45, 2.75) is 31.5 Å². The molecule has 0 bridgehead atoms. The van der Waals surface area contributed by atoms with E-state index in [-0.39, 0.29) is 61.9 Å². The van der Waals surface area contributed by atoms with E-state index in [0.717, 1.165) is 25.1 Å². The number of nitrogens with zero attached hydrogens (tertiary/aromatic N) is 6. The van der Waals surface area contributed by atoms with Crippen LogP contribution in [0.5, 0.6) is 0 Å². The molecule has 20 heteroatoms. The average Bonchev–Trinajstić information content (AvgIpc) is 3.42. The monoisotopic (exact) mass is 1090 g/mol. The van der Waals surface area contributed by atoms with E-state index in [1.165, 1.54) is 23.5 Å². The van der Waals surface area contributed by atoms with Gasteiger partial charge in [0.2, 0.25) is 17.7 Å². The van der Waals surface area contributed by atoms with Gasteiger partial charge in [0, 0.05) is 95.7 Å². The van der Waals surface area contributed by atoms with Crippen molar-refractivity contribution >= 4 is 93.8 Å². The van der Waals surface area contributed by atoms with Gasteiger partial charge in [-0.2, -0.15) is 0 Å². The number of halogens is 4. The van der Waals surface area contributed by atoms with Crippen LogP contribution in [0.2, 0.25) is 20.1 Å². The Hall–Kier alpha value is -6.21. The van der Waals surface area contributed by atoms with Crippen LogP contribution in [0, 0.1) is 0 Å². The van der Waals surface area contributed by atoms with Crippen LogP contribution < -0.4 is 21.3 Å². The Kier molecular flexibility index (Phi) is 19.5. The van der Waals surface area contributed by atoms with Gasteiger partial charge in [-0.05, 0) is 77.1 Å². The third-order valence-corrected chi connectivity index (χ3v) is 14.7. The number of rotatable bonds is 19. The first-order valence-corrected chi connectivity index (χ1v) is 26.3. The van der Waals surface area contributed by atoms with Gasteiger partial charge in [-0.25, -0.2) is 9.97 Å². The number of benzene rings is 4. The van der Waals surface area contributed by atoms with Crippen molar-refractivity contribution in [3.8, 4) is 0 Å². The maximum atomic E-state index is 14.7. The van der Waals surface area contributed by atoms with E-state index in [0.29, 0.717) is 100 Å². The number of carbonyl (C=O) groups excluding carboxylic acids is 5. The van der Waals surface area contributed by atoms with Crippen LogP contribution in [0.1, 0.15) is 38.3 Å². The number of anilines is 1. The number of fused-ring (bicyclic) bond motifs is 1. The van der Waals surface area contributed by atoms with Crippen LogP contribution in [0.4, 0.5) is 5.82 Å². The molecule has 0 spiro atoms. The van der Waals surface area contributed by atoms with E-state index in [2.05, 4.69) is 53.2 Å². The Labute approximate surface area is 456 Å². The molecule has 8 rings (SSSR count). The number of β-amino-alcohol motifs (C(OH)–C–C–N with tert-alkyl or cyclic N) is 1. The molecule has 4 heterocycles. The molecule has 3 aliphatic rings. The molecule has 1 unspecified atom stereocenters. The lowest BCUT2D eigenvalue weighted by molar-refractivity contribution is -0.134. The first-order valence-electron chi connectivity index (χ1n) is 24.7. The molecule has 2 saturated heterocycles. The number of aliphatic hydroxyl groups excluding tert-OH is 1. The van der Waals surface area contributed by atoms with Gasteiger partial charge in [0.15, 0.2) is 5.78 Å². The van der Waals surface area contributed by atoms with Gasteiger partial charge in [0.05, 0.1) is 45.3 Å². The fourth-order valence-corrected chi connectivity index (χ4v) is 9.81. The molecular weight excluding hydrogens is 1040 g/mol. The SMILES string of the molecule is O=C(CNc1cc(C(=O)NC[C@H](O)CN2CCc3ccccc3C2)ncn1)NCCN1CCN(C(=O)CNC(Cc2ccccc2)C(=O)N2C/C(=C\c3ccc(Cl)c(Cl)c3)C(=O)/C(=C/c3ccc(Cl)c(Cl)c3)C2)CC1. The van der Waals surface area contributed by atoms with Crippen molar-refractivity contribution in [3.05, 3.63) is 168 Å². The first kappa shape index (κ1) is 55.0. The second-order valence-electron chi connectivity index (χ2n) is 18.7. The van der Waals surface area contributed by atoms with Crippen LogP contribution in [0.3, 0.4) is 0 Å². The highest BCUT2D eigenvalue weighted by molar-refractivity contribution is 6.42. The highest BCUT2D eigenvalue weighted by Crippen LogP contribution is 2.29. The summed E-state index contributed by atoms with van der Waals surface area (Å²) in [5.74, 6) is -1.10. The van der Waals surface area contributed by atoms with Gasteiger partial charge in [-0.15, -0.1) is 0 Å². The van der Waals surface area contributed by atoms with Gasteiger partial charge in [0.1, 0.15) is 17.8 Å². The van der Waals surface area contributed by atoms with E-state index < -0.39 is 18.1 Å². The Morgan fingerprint density at radius 1 is 0.680 bits per heavy atom. The number of Topliss-reactive ketones (excluding diaryl/α,β-unsaturated/α-hetero) is 1. The van der Waals surface area contributed by atoms with Crippen LogP contribution in [-0.4, -0.2) is 161 Å². The lowest BCUT2D eigenvalue weighted by atomic mass is 9.93. The number of nitrogens with one attached hydrogen (secondary N) is 4. The number of carbonyl (C=O) groups is 5. The molecule has 4 aromatic carbocycles. The van der Waals surface area contributed by atoms with E-state index in [1.54, 1.807) is 58.4 Å². The smallest absolute Gasteiger partial charge is 0.270 e. The predicted octanol–water partition coefficient (Wildman–Crippen LogP) is 5.69. The van der Waals surface area contributed by atoms with E-state index in [4.69, 9.17) is 46.4 Å². The Morgan fingerprint density at radius 2 is 1.33 bits per heavy atom. The standard InChI is InChI=1S/C55H58Cl4N10O6/c56-44-12-10-37(24-46(44)58)22-41-32-69(33-42(53(41)73)23-38-11-13-45(57)47(59)25-38)55(75)49(26-36-6-2-1-3-7-36)61-30-52(72)68-20-18-66(19-21-68)17-15-60-51(71)29-62-50-27-48(64-35-65-50)54(74)63-28-43(70)34-67-16-14-39-8-4-5-9-40(39)31-67/h1-13,22-25,27,35,43,49,61,70H,14-21,26,28-34H2,(H,60,71)(H,63,74)(H,62,64,65)/b41-22+,42-23+/t43-,49?/m0/s1. The van der Waals surface area contributed by atoms with Gasteiger partial charge in [0.25, 0.3) is 5.91 Å². The molecule has 0 saturated carbocycles. The summed E-state index contributed by atoms with van der Waals surface area (Å²) in [6.45, 7) is 4.98. The highest BCUT2D eigenvalue weighted by Gasteiger charge is 2.34. The molecule has 3 aliphatic heterocycles. The van der Waals surface area contributed by atoms with Crippen molar-refractivity contribution in [2.75, 3.05) is 90.4 Å². The fraction of sp³-hybridized carbons (Fsp3) is 0.327. The molecular formula is C55H58Cl4N10O6. The van der Waals surface area contributed by atoms with Crippen molar-refractivity contribution in [1.29, 1.82) is 0 Å². The van der Waals surface area contributed by atoms with Gasteiger partial charge in [-0.3, -0.25) is 39.1 Å². The Bertz CT molecular complexity index is 2860. The lowest BCUT2D eigenvalue weighted by Crippen LogP contribution is -2.55. The minimum Gasteiger partial charge on any atom is -0.390 e. The summed E-state index contributed by atoms with van der Waals surface area (Å²) in [6.07, 6.45) is 5.09. The molecule has 4 amide bonds. The van der Waals surface area contributed by atoms with Gasteiger partial charge < -0.3 is 30.9 Å². The van der Waals surface area contributed by atoms with Crippen LogP contribution >= 0.6 is 46.4 Å². The van der Waals surface area contributed by atoms with Crippen molar-refractivity contribution in [2.24, 2.45) is 0 Å². The minimum atomic E-state index is -0.808. The van der Waals surface area contributed by atoms with Crippen LogP contribution in [0.15, 0.2) is 115 Å². The zero-order chi connectivity index (χ0) is 52.8. The maximum absolute atomic E-state index is 14.7. The summed E-state index contributed by atoms with van der Waals surface area (Å²) in [5, 5.41) is 23.9. The Balaban J connectivity index is 0.792. The number of piperazine rings is 1. The van der Waals surface area contributed by atoms with E-state index in [9.17, 15) is 29.1 Å². The third-order valence-electron chi connectivity index (χ3n) is 13.2. The lowest BCUT2D eigenvalue weighted by Gasteiger charge is -2.35. The summed E-state index contributed by atoms with van der Waals surface area (Å²) in [4.78, 5) is 84.1. The number of aromatic nitrogens is 2. The van der Waals surface area contributed by atoms with Gasteiger partial charge in [-0.1, -0.05) is 113 Å². The van der Waals surface area contributed by atoms with Crippen LogP contribution in [-0.2, 0) is 38.6 Å². The molecule has 16 nitrogen and oxygen atoms in total. The molecule has 0 radical (unpaired) electrons. The highest BCUT2D eigenvalue weighted by atomic mass is 35.5. The number of hydrogen-bond acceptors (Lipinski definition) is 12. The second-order valence-corrected chi connectivity index (χ2v) is 20.3. The van der Waals surface area contributed by atoms with Crippen molar-refractivity contribution in [3.63, 3.8) is 0 Å². The quantitative estimate of drug-likeness (QED) is 0.0636. The largest absolute Gasteiger partial charge is 0.390 e. The number of aliphatic hydroxyl groups is 1. The zero-order valence-electron chi connectivity index (χ0n) is 41.1. The number of amides is 4. The molecule has 2 atom stereocenters. The summed E-state index contributed by atoms with van der Waals surface area (Å²) < 4.78 is 0. The molecule has 5 N–H and O–H groups in total. The molecule has 5 aromatic rings. The van der Waals surface area contributed by atoms with Gasteiger partial charge >= 0.3 is 0 Å². The number of hydrogen-bond donors (Lipinski definition) is 5. The maximum Gasteiger partial charge on any atom is 0.270 e. The average molecular weight is 1100 g/mol. The molecule has 1 aromatic heterocycles. The number of ketones is 1. The topological polar surface area (TPSA) is 192 Å². The summed E-state index contributed by atoms with van der Waals surface area (Å²) >= 11 is 25.0. The van der Waals surface area contributed by atoms with Crippen molar-refractivity contribution in [1.82, 2.24) is 45.5 Å². The van der Waals surface area contributed by atoms with Crippen LogP contribution in [0.25, 0.3) is 12.2 Å². The molecule has 2 fully saturated rings. The Morgan fingerprint density at radius 3 is 2.00 bits per heavy atom. The fourth-order valence-electron chi connectivity index (χ4n) is 9.20. The van der Waals surface area contributed by atoms with E-state index >= 15 is 0 Å². The van der Waals surface area contributed by atoms with Crippen molar-refractivity contribution < 1.29 is 29.1 Å². The number of piperidine rings is 1. The zero-order valence-corrected chi connectivity index (χ0v) is 44.1. The molecule has 75 heavy (non-hydrogen) atoms. The predicted molar refractivity (Wildman–Crippen MR) is 293 cm³/mol. The normalized spacial score (nSPS) is 17.1. The molecule has 392 valence electrons. The summed E-state index contributed by atoms with van der Waals surface area (Å²) in [5.41, 5.74) is 5.59. The number of likely N-dealkylation sites (tertiary alicyclic amines) is 1. The minimum absolute atomic E-state index is 0.0168. The first-order chi connectivity index (χ1) is 36.2. The second kappa shape index (κ2) is 26.5. The van der Waals surface area contributed by atoms with E-state index in [1.807, 2.05) is 42.5 Å². The summed E-state index contributed by atoms with van der Waals surface area (Å²) in [7, 11) is 0. The third kappa shape index (κ3) is 15.7. The molecule has 0 aliphatic carbocycles.